The molecule has 0 aromatic heterocycles. The van der Waals surface area contributed by atoms with Gasteiger partial charge in [0.25, 0.3) is 0 Å². The van der Waals surface area contributed by atoms with E-state index in [-0.39, 0.29) is 0 Å². The Kier molecular flexibility index (Phi) is 6.21. The lowest BCUT2D eigenvalue weighted by atomic mass is 10.1. The van der Waals surface area contributed by atoms with Gasteiger partial charge in [-0.05, 0) is 32.9 Å². The molecule has 92 valence electrons. The van der Waals surface area contributed by atoms with Crippen LogP contribution in [0.25, 0.3) is 0 Å². The molecule has 0 aliphatic carbocycles. The standard InChI is InChI=1S/C15H21NO/c1-4-6-10-17-15-8-7-13(3)11-14(15)12-16-9-5-2/h7-8,11,16H,5,9-10,12H2,1-3H3. The molecule has 2 nitrogen and oxygen atoms in total. The Labute approximate surface area is 104 Å². The average Bonchev–Trinajstić information content (AvgIpc) is 2.32. The molecule has 0 aliphatic heterocycles. The van der Waals surface area contributed by atoms with Crippen molar-refractivity contribution in [2.24, 2.45) is 0 Å². The largest absolute Gasteiger partial charge is 0.481 e. The molecule has 0 saturated carbocycles. The molecule has 0 radical (unpaired) electrons. The quantitative estimate of drug-likeness (QED) is 0.600. The van der Waals surface area contributed by atoms with E-state index in [2.05, 4.69) is 43.1 Å². The summed E-state index contributed by atoms with van der Waals surface area (Å²) in [4.78, 5) is 0. The lowest BCUT2D eigenvalue weighted by Gasteiger charge is -2.11. The van der Waals surface area contributed by atoms with Gasteiger partial charge in [-0.25, -0.2) is 0 Å². The fraction of sp³-hybridized carbons (Fsp3) is 0.467. The number of hydrogen-bond acceptors (Lipinski definition) is 2. The fourth-order valence-corrected chi connectivity index (χ4v) is 1.57. The van der Waals surface area contributed by atoms with Crippen molar-refractivity contribution in [1.29, 1.82) is 0 Å². The molecule has 0 saturated heterocycles. The molecule has 0 spiro atoms. The van der Waals surface area contributed by atoms with Crippen LogP contribution in [0.5, 0.6) is 5.75 Å². The summed E-state index contributed by atoms with van der Waals surface area (Å²) in [6.07, 6.45) is 1.14. The van der Waals surface area contributed by atoms with Gasteiger partial charge in [-0.3, -0.25) is 0 Å². The fourth-order valence-electron chi connectivity index (χ4n) is 1.57. The minimum absolute atomic E-state index is 0.459. The van der Waals surface area contributed by atoms with Gasteiger partial charge in [0.05, 0.1) is 0 Å². The number of aryl methyl sites for hydroxylation is 1. The highest BCUT2D eigenvalue weighted by atomic mass is 16.5. The zero-order chi connectivity index (χ0) is 12.5. The summed E-state index contributed by atoms with van der Waals surface area (Å²) in [6, 6.07) is 6.25. The van der Waals surface area contributed by atoms with Gasteiger partial charge in [-0.1, -0.05) is 30.5 Å². The van der Waals surface area contributed by atoms with Crippen LogP contribution in [0, 0.1) is 18.8 Å². The number of ether oxygens (including phenoxy) is 1. The molecule has 0 aliphatic rings. The van der Waals surface area contributed by atoms with Crippen LogP contribution in [-0.2, 0) is 6.54 Å². The first kappa shape index (κ1) is 13.6. The van der Waals surface area contributed by atoms with Crippen molar-refractivity contribution >= 4 is 0 Å². The van der Waals surface area contributed by atoms with E-state index >= 15 is 0 Å². The first-order chi connectivity index (χ1) is 8.27. The second kappa shape index (κ2) is 7.76. The van der Waals surface area contributed by atoms with E-state index < -0.39 is 0 Å². The Hall–Kier alpha value is -1.46. The van der Waals surface area contributed by atoms with Crippen LogP contribution in [0.15, 0.2) is 18.2 Å². The van der Waals surface area contributed by atoms with E-state index in [0.29, 0.717) is 6.61 Å². The zero-order valence-electron chi connectivity index (χ0n) is 11.0. The summed E-state index contributed by atoms with van der Waals surface area (Å²) < 4.78 is 5.65. The molecule has 0 amide bonds. The van der Waals surface area contributed by atoms with Crippen LogP contribution in [0.2, 0.25) is 0 Å². The Morgan fingerprint density at radius 1 is 1.35 bits per heavy atom. The highest BCUT2D eigenvalue weighted by molar-refractivity contribution is 5.37. The van der Waals surface area contributed by atoms with Crippen LogP contribution >= 0.6 is 0 Å². The first-order valence-corrected chi connectivity index (χ1v) is 6.10. The molecule has 1 aromatic rings. The van der Waals surface area contributed by atoms with Crippen LogP contribution in [0.4, 0.5) is 0 Å². The number of nitrogens with one attached hydrogen (secondary N) is 1. The SMILES string of the molecule is CC#CCOc1ccc(C)cc1CNCCC. The minimum Gasteiger partial charge on any atom is -0.481 e. The molecular formula is C15H21NO. The summed E-state index contributed by atoms with van der Waals surface area (Å²) in [5, 5.41) is 3.39. The maximum absolute atomic E-state index is 5.65. The molecule has 17 heavy (non-hydrogen) atoms. The molecule has 1 rings (SSSR count). The monoisotopic (exact) mass is 231 g/mol. The van der Waals surface area contributed by atoms with Crippen molar-refractivity contribution in [3.8, 4) is 17.6 Å². The topological polar surface area (TPSA) is 21.3 Å². The van der Waals surface area contributed by atoms with Gasteiger partial charge >= 0.3 is 0 Å². The van der Waals surface area contributed by atoms with Crippen molar-refractivity contribution < 1.29 is 4.74 Å². The van der Waals surface area contributed by atoms with E-state index in [0.717, 1.165) is 25.3 Å². The molecule has 0 heterocycles. The van der Waals surface area contributed by atoms with Gasteiger partial charge < -0.3 is 10.1 Å². The van der Waals surface area contributed by atoms with E-state index in [9.17, 15) is 0 Å². The van der Waals surface area contributed by atoms with Gasteiger partial charge in [-0.2, -0.15) is 0 Å². The smallest absolute Gasteiger partial charge is 0.149 e. The maximum atomic E-state index is 5.65. The summed E-state index contributed by atoms with van der Waals surface area (Å²) in [7, 11) is 0. The lowest BCUT2D eigenvalue weighted by molar-refractivity contribution is 0.364. The van der Waals surface area contributed by atoms with Crippen molar-refractivity contribution in [3.63, 3.8) is 0 Å². The van der Waals surface area contributed by atoms with E-state index in [4.69, 9.17) is 4.74 Å². The Bertz CT molecular complexity index is 401. The minimum atomic E-state index is 0.459. The normalized spacial score (nSPS) is 9.59. The lowest BCUT2D eigenvalue weighted by Crippen LogP contribution is -2.14. The number of benzene rings is 1. The second-order valence-electron chi connectivity index (χ2n) is 4.00. The second-order valence-corrected chi connectivity index (χ2v) is 4.00. The Balaban J connectivity index is 2.68. The van der Waals surface area contributed by atoms with Crippen LogP contribution < -0.4 is 10.1 Å². The molecule has 0 fully saturated rings. The molecule has 2 heteroatoms. The highest BCUT2D eigenvalue weighted by Crippen LogP contribution is 2.19. The summed E-state index contributed by atoms with van der Waals surface area (Å²) in [5.74, 6) is 6.68. The molecule has 1 N–H and O–H groups in total. The number of rotatable bonds is 6. The molecule has 1 aromatic carbocycles. The van der Waals surface area contributed by atoms with Gasteiger partial charge in [0, 0.05) is 12.1 Å². The zero-order valence-corrected chi connectivity index (χ0v) is 11.0. The van der Waals surface area contributed by atoms with Crippen molar-refractivity contribution in [3.05, 3.63) is 29.3 Å². The average molecular weight is 231 g/mol. The third kappa shape index (κ3) is 4.93. The van der Waals surface area contributed by atoms with Crippen LogP contribution in [0.3, 0.4) is 0 Å². The van der Waals surface area contributed by atoms with Crippen LogP contribution in [-0.4, -0.2) is 13.2 Å². The van der Waals surface area contributed by atoms with Crippen molar-refractivity contribution in [2.45, 2.75) is 33.7 Å². The first-order valence-electron chi connectivity index (χ1n) is 6.10. The Morgan fingerprint density at radius 3 is 2.88 bits per heavy atom. The molecule has 0 atom stereocenters. The van der Waals surface area contributed by atoms with Crippen LogP contribution in [0.1, 0.15) is 31.4 Å². The van der Waals surface area contributed by atoms with Crippen molar-refractivity contribution in [2.75, 3.05) is 13.2 Å². The van der Waals surface area contributed by atoms with Gasteiger partial charge in [0.2, 0.25) is 0 Å². The van der Waals surface area contributed by atoms with E-state index in [1.54, 1.807) is 0 Å². The molecular weight excluding hydrogens is 210 g/mol. The Morgan fingerprint density at radius 2 is 2.18 bits per heavy atom. The summed E-state index contributed by atoms with van der Waals surface area (Å²) in [6.45, 7) is 8.42. The molecule has 0 unspecified atom stereocenters. The third-order valence-corrected chi connectivity index (χ3v) is 2.43. The summed E-state index contributed by atoms with van der Waals surface area (Å²) in [5.41, 5.74) is 2.46. The van der Waals surface area contributed by atoms with E-state index in [1.807, 2.05) is 13.0 Å². The summed E-state index contributed by atoms with van der Waals surface area (Å²) >= 11 is 0. The molecule has 0 bridgehead atoms. The predicted octanol–water partition coefficient (Wildman–Crippen LogP) is 2.90. The van der Waals surface area contributed by atoms with Gasteiger partial charge in [-0.15, -0.1) is 5.92 Å². The highest BCUT2D eigenvalue weighted by Gasteiger charge is 2.03. The predicted molar refractivity (Wildman–Crippen MR) is 72.1 cm³/mol. The van der Waals surface area contributed by atoms with Gasteiger partial charge in [0.1, 0.15) is 12.4 Å². The van der Waals surface area contributed by atoms with E-state index in [1.165, 1.54) is 11.1 Å². The maximum Gasteiger partial charge on any atom is 0.149 e. The third-order valence-electron chi connectivity index (χ3n) is 2.43. The van der Waals surface area contributed by atoms with Crippen molar-refractivity contribution in [1.82, 2.24) is 5.32 Å². The van der Waals surface area contributed by atoms with Gasteiger partial charge in [0.15, 0.2) is 0 Å². The number of hydrogen-bond donors (Lipinski definition) is 1.